The molecule has 0 aliphatic heterocycles. The highest BCUT2D eigenvalue weighted by Crippen LogP contribution is 2.33. The van der Waals surface area contributed by atoms with Crippen LogP contribution in [0.5, 0.6) is 0 Å². The van der Waals surface area contributed by atoms with E-state index in [4.69, 9.17) is 11.6 Å². The zero-order chi connectivity index (χ0) is 22.0. The highest BCUT2D eigenvalue weighted by molar-refractivity contribution is 8.00. The van der Waals surface area contributed by atoms with Gasteiger partial charge in [0, 0.05) is 30.1 Å². The van der Waals surface area contributed by atoms with Crippen molar-refractivity contribution in [3.05, 3.63) is 77.1 Å². The molecule has 0 fully saturated rings. The van der Waals surface area contributed by atoms with Crippen molar-refractivity contribution >= 4 is 66.3 Å². The fourth-order valence-electron chi connectivity index (χ4n) is 2.78. The van der Waals surface area contributed by atoms with E-state index < -0.39 is 15.7 Å². The van der Waals surface area contributed by atoms with E-state index in [1.807, 2.05) is 30.5 Å². The average molecular weight is 490 g/mol. The molecule has 2 heterocycles. The lowest BCUT2D eigenvalue weighted by molar-refractivity contribution is 0.102. The number of hydrogen-bond acceptors (Lipinski definition) is 7. The van der Waals surface area contributed by atoms with Crippen LogP contribution in [0.3, 0.4) is 0 Å². The van der Waals surface area contributed by atoms with E-state index in [1.54, 1.807) is 35.4 Å². The van der Waals surface area contributed by atoms with Crippen LogP contribution in [0.4, 0.5) is 5.69 Å². The Hall–Kier alpha value is -2.46. The number of aromatic nitrogens is 2. The molecule has 31 heavy (non-hydrogen) atoms. The Morgan fingerprint density at radius 2 is 2.03 bits per heavy atom. The molecule has 2 aromatic heterocycles. The predicted molar refractivity (Wildman–Crippen MR) is 126 cm³/mol. The molecule has 6 nitrogen and oxygen atoms in total. The fraction of sp³-hybridized carbons (Fsp3) is 0.0952. The molecule has 0 spiro atoms. The number of carbonyl (C=O) groups is 1. The van der Waals surface area contributed by atoms with Crippen molar-refractivity contribution in [1.82, 2.24) is 9.97 Å². The Bertz CT molecular complexity index is 1370. The Kier molecular flexibility index (Phi) is 6.29. The van der Waals surface area contributed by atoms with Crippen molar-refractivity contribution in [2.24, 2.45) is 0 Å². The summed E-state index contributed by atoms with van der Waals surface area (Å²) in [6, 6.07) is 13.5. The van der Waals surface area contributed by atoms with Gasteiger partial charge >= 0.3 is 0 Å². The van der Waals surface area contributed by atoms with E-state index in [1.165, 1.54) is 18.2 Å². The van der Waals surface area contributed by atoms with Crippen molar-refractivity contribution in [2.75, 3.05) is 11.6 Å². The van der Waals surface area contributed by atoms with E-state index >= 15 is 0 Å². The van der Waals surface area contributed by atoms with Gasteiger partial charge in [-0.1, -0.05) is 29.4 Å². The highest BCUT2D eigenvalue weighted by Gasteiger charge is 2.15. The summed E-state index contributed by atoms with van der Waals surface area (Å²) in [5, 5.41) is 2.88. The number of fused-ring (bicyclic) bond motifs is 1. The maximum absolute atomic E-state index is 12.6. The van der Waals surface area contributed by atoms with Crippen LogP contribution in [-0.2, 0) is 15.6 Å². The zero-order valence-corrected chi connectivity index (χ0v) is 19.4. The summed E-state index contributed by atoms with van der Waals surface area (Å²) in [5.74, 6) is 0.360. The predicted octanol–water partition coefficient (Wildman–Crippen LogP) is 5.29. The number of carbonyl (C=O) groups excluding carboxylic acids is 1. The quantitative estimate of drug-likeness (QED) is 0.370. The van der Waals surface area contributed by atoms with Crippen LogP contribution in [0, 0.1) is 0 Å². The third kappa shape index (κ3) is 5.24. The van der Waals surface area contributed by atoms with Gasteiger partial charge in [-0.3, -0.25) is 9.78 Å². The second-order valence-electron chi connectivity index (χ2n) is 6.68. The van der Waals surface area contributed by atoms with Crippen LogP contribution in [-0.4, -0.2) is 30.5 Å². The SMILES string of the molecule is CS(=O)(=O)c1ccc(C(=O)Nc2ccc3nc(SCc4cccnc4)sc3c2)c(Cl)c1. The topological polar surface area (TPSA) is 89.0 Å². The summed E-state index contributed by atoms with van der Waals surface area (Å²) in [4.78, 5) is 21.4. The molecular formula is C21H16ClN3O3S3. The summed E-state index contributed by atoms with van der Waals surface area (Å²) in [6.45, 7) is 0. The number of sulfone groups is 1. The average Bonchev–Trinajstić information content (AvgIpc) is 3.14. The molecular weight excluding hydrogens is 474 g/mol. The van der Waals surface area contributed by atoms with Gasteiger partial charge in [-0.05, 0) is 48.0 Å². The van der Waals surface area contributed by atoms with Crippen molar-refractivity contribution < 1.29 is 13.2 Å². The van der Waals surface area contributed by atoms with E-state index in [9.17, 15) is 13.2 Å². The Labute approximate surface area is 192 Å². The molecule has 158 valence electrons. The molecule has 0 radical (unpaired) electrons. The minimum absolute atomic E-state index is 0.0662. The van der Waals surface area contributed by atoms with Gasteiger partial charge in [-0.25, -0.2) is 13.4 Å². The van der Waals surface area contributed by atoms with Gasteiger partial charge in [0.1, 0.15) is 0 Å². The van der Waals surface area contributed by atoms with Crippen molar-refractivity contribution in [1.29, 1.82) is 0 Å². The molecule has 1 amide bonds. The molecule has 1 N–H and O–H groups in total. The number of hydrogen-bond donors (Lipinski definition) is 1. The molecule has 10 heteroatoms. The van der Waals surface area contributed by atoms with Crippen LogP contribution in [0.1, 0.15) is 15.9 Å². The molecule has 0 atom stereocenters. The molecule has 0 aliphatic carbocycles. The first-order chi connectivity index (χ1) is 14.8. The second kappa shape index (κ2) is 8.96. The van der Waals surface area contributed by atoms with E-state index in [0.29, 0.717) is 5.69 Å². The Morgan fingerprint density at radius 1 is 1.19 bits per heavy atom. The lowest BCUT2D eigenvalue weighted by Crippen LogP contribution is -2.12. The summed E-state index contributed by atoms with van der Waals surface area (Å²) in [6.07, 6.45) is 4.67. The van der Waals surface area contributed by atoms with Gasteiger partial charge in [-0.15, -0.1) is 11.3 Å². The number of thiazole rings is 1. The van der Waals surface area contributed by atoms with Gasteiger partial charge in [0.25, 0.3) is 5.91 Å². The van der Waals surface area contributed by atoms with Crippen molar-refractivity contribution in [3.8, 4) is 0 Å². The minimum Gasteiger partial charge on any atom is -0.322 e. The number of amides is 1. The van der Waals surface area contributed by atoms with Crippen LogP contribution in [0.2, 0.25) is 5.02 Å². The number of rotatable bonds is 6. The lowest BCUT2D eigenvalue weighted by atomic mass is 10.2. The number of pyridine rings is 1. The fourth-order valence-corrected chi connectivity index (χ4v) is 5.80. The summed E-state index contributed by atoms with van der Waals surface area (Å²) in [7, 11) is -3.40. The molecule has 0 saturated carbocycles. The van der Waals surface area contributed by atoms with Crippen LogP contribution >= 0.6 is 34.7 Å². The maximum atomic E-state index is 12.6. The molecule has 0 bridgehead atoms. The number of nitrogens with zero attached hydrogens (tertiary/aromatic N) is 2. The van der Waals surface area contributed by atoms with E-state index in [2.05, 4.69) is 15.3 Å². The van der Waals surface area contributed by atoms with Crippen molar-refractivity contribution in [2.45, 2.75) is 15.0 Å². The number of thioether (sulfide) groups is 1. The maximum Gasteiger partial charge on any atom is 0.257 e. The number of halogens is 1. The summed E-state index contributed by atoms with van der Waals surface area (Å²) in [5.41, 5.74) is 2.78. The first-order valence-electron chi connectivity index (χ1n) is 9.03. The molecule has 4 aromatic rings. The smallest absolute Gasteiger partial charge is 0.257 e. The molecule has 0 unspecified atom stereocenters. The largest absolute Gasteiger partial charge is 0.322 e. The minimum atomic E-state index is -3.40. The third-order valence-electron chi connectivity index (χ3n) is 4.33. The molecule has 0 aliphatic rings. The number of nitrogens with one attached hydrogen (secondary N) is 1. The second-order valence-corrected chi connectivity index (χ2v) is 11.4. The molecule has 0 saturated heterocycles. The Balaban J connectivity index is 1.49. The first-order valence-corrected chi connectivity index (χ1v) is 13.1. The lowest BCUT2D eigenvalue weighted by Gasteiger charge is -2.08. The van der Waals surface area contributed by atoms with Gasteiger partial charge < -0.3 is 5.32 Å². The normalized spacial score (nSPS) is 11.5. The van der Waals surface area contributed by atoms with Crippen LogP contribution in [0.25, 0.3) is 10.2 Å². The zero-order valence-electron chi connectivity index (χ0n) is 16.2. The summed E-state index contributed by atoms with van der Waals surface area (Å²) < 4.78 is 25.2. The number of anilines is 1. The highest BCUT2D eigenvalue weighted by atomic mass is 35.5. The van der Waals surface area contributed by atoms with Crippen molar-refractivity contribution in [3.63, 3.8) is 0 Å². The van der Waals surface area contributed by atoms with Gasteiger partial charge in [0.15, 0.2) is 14.2 Å². The van der Waals surface area contributed by atoms with Gasteiger partial charge in [0.2, 0.25) is 0 Å². The third-order valence-corrected chi connectivity index (χ3v) is 7.98. The Morgan fingerprint density at radius 3 is 2.74 bits per heavy atom. The monoisotopic (exact) mass is 489 g/mol. The van der Waals surface area contributed by atoms with Crippen LogP contribution < -0.4 is 5.32 Å². The van der Waals surface area contributed by atoms with E-state index in [-0.39, 0.29) is 15.5 Å². The van der Waals surface area contributed by atoms with Gasteiger partial charge in [0.05, 0.1) is 25.7 Å². The first kappa shape index (κ1) is 21.8. The number of benzene rings is 2. The van der Waals surface area contributed by atoms with Gasteiger partial charge in [-0.2, -0.15) is 0 Å². The standard InChI is InChI=1S/C21H16ClN3O3S3/c1-31(27,28)15-5-6-16(17(22)10-15)20(26)24-14-4-7-18-19(9-14)30-21(25-18)29-12-13-3-2-8-23-11-13/h2-11H,12H2,1H3,(H,24,26). The summed E-state index contributed by atoms with van der Waals surface area (Å²) >= 11 is 9.32. The molecule has 2 aromatic carbocycles. The molecule has 4 rings (SSSR count). The van der Waals surface area contributed by atoms with Crippen LogP contribution in [0.15, 0.2) is 70.2 Å². The van der Waals surface area contributed by atoms with E-state index in [0.717, 1.165) is 32.1 Å².